The highest BCUT2D eigenvalue weighted by atomic mass is 16.2. The van der Waals surface area contributed by atoms with Crippen LogP contribution >= 0.6 is 0 Å². The topological polar surface area (TPSA) is 116 Å². The van der Waals surface area contributed by atoms with Crippen molar-refractivity contribution in [3.8, 4) is 0 Å². The Kier molecular flexibility index (Phi) is 4.11. The van der Waals surface area contributed by atoms with Crippen LogP contribution < -0.4 is 16.8 Å². The number of benzene rings is 1. The van der Waals surface area contributed by atoms with Gasteiger partial charge in [0.2, 0.25) is 5.91 Å². The van der Waals surface area contributed by atoms with Crippen LogP contribution in [0.3, 0.4) is 0 Å². The summed E-state index contributed by atoms with van der Waals surface area (Å²) in [6, 6.07) is 6.40. The minimum absolute atomic E-state index is 0.280. The zero-order valence-corrected chi connectivity index (χ0v) is 10.7. The molecule has 2 rings (SSSR count). The number of imidazole rings is 1. The van der Waals surface area contributed by atoms with Gasteiger partial charge in [0.25, 0.3) is 5.91 Å². The summed E-state index contributed by atoms with van der Waals surface area (Å²) >= 11 is 0. The number of nitrogens with one attached hydrogen (secondary N) is 1. The van der Waals surface area contributed by atoms with Crippen LogP contribution in [-0.4, -0.2) is 27.9 Å². The second kappa shape index (κ2) is 5.98. The lowest BCUT2D eigenvalue weighted by atomic mass is 10.2. The molecule has 2 aromatic rings. The molecule has 0 bridgehead atoms. The fourth-order valence-electron chi connectivity index (χ4n) is 1.69. The Morgan fingerprint density at radius 1 is 1.35 bits per heavy atom. The lowest BCUT2D eigenvalue weighted by molar-refractivity contribution is 0.0995. The lowest BCUT2D eigenvalue weighted by Crippen LogP contribution is -2.15. The average molecular weight is 273 g/mol. The van der Waals surface area contributed by atoms with Crippen molar-refractivity contribution in [2.75, 3.05) is 11.9 Å². The van der Waals surface area contributed by atoms with Crippen LogP contribution in [0.4, 0.5) is 5.69 Å². The summed E-state index contributed by atoms with van der Waals surface area (Å²) in [4.78, 5) is 27.0. The van der Waals surface area contributed by atoms with Gasteiger partial charge in [0, 0.05) is 30.5 Å². The molecule has 0 aliphatic rings. The molecule has 0 unspecified atom stereocenters. The van der Waals surface area contributed by atoms with E-state index in [9.17, 15) is 9.59 Å². The molecule has 1 heterocycles. The smallest absolute Gasteiger partial charge is 0.275 e. The van der Waals surface area contributed by atoms with Crippen LogP contribution in [0.1, 0.15) is 20.8 Å². The van der Waals surface area contributed by atoms with Crippen LogP contribution in [0.5, 0.6) is 0 Å². The van der Waals surface area contributed by atoms with Gasteiger partial charge < -0.3 is 21.4 Å². The first-order valence-corrected chi connectivity index (χ1v) is 6.03. The summed E-state index contributed by atoms with van der Waals surface area (Å²) < 4.78 is 1.73. The van der Waals surface area contributed by atoms with Gasteiger partial charge in [-0.15, -0.1) is 0 Å². The van der Waals surface area contributed by atoms with Crippen molar-refractivity contribution < 1.29 is 9.59 Å². The zero-order chi connectivity index (χ0) is 14.5. The molecule has 0 saturated heterocycles. The van der Waals surface area contributed by atoms with Gasteiger partial charge in [-0.2, -0.15) is 0 Å². The van der Waals surface area contributed by atoms with Crippen LogP contribution in [0.2, 0.25) is 0 Å². The van der Waals surface area contributed by atoms with E-state index in [2.05, 4.69) is 10.3 Å². The standard InChI is InChI=1S/C13H15N5O2/c14-4-5-18-7-11(16-8-18)13(20)17-10-3-1-2-9(6-10)12(15)19/h1-3,6-8H,4-5,14H2,(H2,15,19)(H,17,20). The second-order valence-corrected chi connectivity index (χ2v) is 4.18. The molecule has 0 atom stereocenters. The molecule has 7 heteroatoms. The number of aromatic nitrogens is 2. The van der Waals surface area contributed by atoms with E-state index in [1.807, 2.05) is 0 Å². The molecule has 2 amide bonds. The molecule has 1 aromatic heterocycles. The lowest BCUT2D eigenvalue weighted by Gasteiger charge is -2.04. The van der Waals surface area contributed by atoms with E-state index in [4.69, 9.17) is 11.5 Å². The van der Waals surface area contributed by atoms with Crippen LogP contribution in [0.25, 0.3) is 0 Å². The van der Waals surface area contributed by atoms with E-state index in [-0.39, 0.29) is 11.6 Å². The molecule has 0 spiro atoms. The Bertz CT molecular complexity index is 635. The Labute approximate surface area is 115 Å². The highest BCUT2D eigenvalue weighted by molar-refractivity contribution is 6.03. The van der Waals surface area contributed by atoms with Crippen molar-refractivity contribution >= 4 is 17.5 Å². The predicted molar refractivity (Wildman–Crippen MR) is 74.2 cm³/mol. The first-order chi connectivity index (χ1) is 9.60. The number of amides is 2. The van der Waals surface area contributed by atoms with Crippen molar-refractivity contribution in [2.24, 2.45) is 11.5 Å². The largest absolute Gasteiger partial charge is 0.366 e. The van der Waals surface area contributed by atoms with Gasteiger partial charge in [0.05, 0.1) is 6.33 Å². The quantitative estimate of drug-likeness (QED) is 0.721. The third-order valence-corrected chi connectivity index (χ3v) is 2.66. The van der Waals surface area contributed by atoms with E-state index in [1.165, 1.54) is 6.07 Å². The summed E-state index contributed by atoms with van der Waals surface area (Å²) in [6.45, 7) is 1.06. The normalized spacial score (nSPS) is 10.2. The minimum atomic E-state index is -0.548. The highest BCUT2D eigenvalue weighted by Crippen LogP contribution is 2.11. The van der Waals surface area contributed by atoms with Gasteiger partial charge in [0.15, 0.2) is 0 Å². The molecule has 5 N–H and O–H groups in total. The molecule has 0 radical (unpaired) electrons. The molecular formula is C13H15N5O2. The molecule has 0 saturated carbocycles. The number of nitrogens with zero attached hydrogens (tertiary/aromatic N) is 2. The van der Waals surface area contributed by atoms with E-state index in [0.29, 0.717) is 24.3 Å². The third kappa shape index (κ3) is 3.21. The van der Waals surface area contributed by atoms with Gasteiger partial charge in [-0.25, -0.2) is 4.98 Å². The van der Waals surface area contributed by atoms with E-state index >= 15 is 0 Å². The zero-order valence-electron chi connectivity index (χ0n) is 10.7. The third-order valence-electron chi connectivity index (χ3n) is 2.66. The number of hydrogen-bond acceptors (Lipinski definition) is 4. The number of hydrogen-bond donors (Lipinski definition) is 3. The van der Waals surface area contributed by atoms with E-state index in [0.717, 1.165) is 0 Å². The number of rotatable bonds is 5. The predicted octanol–water partition coefficient (Wildman–Crippen LogP) is 0.193. The van der Waals surface area contributed by atoms with Crippen LogP contribution in [0, 0.1) is 0 Å². The first-order valence-electron chi connectivity index (χ1n) is 6.03. The van der Waals surface area contributed by atoms with Crippen LogP contribution in [-0.2, 0) is 6.54 Å². The number of nitrogens with two attached hydrogens (primary N) is 2. The molecule has 0 aliphatic carbocycles. The fraction of sp³-hybridized carbons (Fsp3) is 0.154. The molecule has 7 nitrogen and oxygen atoms in total. The summed E-state index contributed by atoms with van der Waals surface area (Å²) in [7, 11) is 0. The number of carbonyl (C=O) groups excluding carboxylic acids is 2. The minimum Gasteiger partial charge on any atom is -0.366 e. The van der Waals surface area contributed by atoms with Gasteiger partial charge in [-0.3, -0.25) is 9.59 Å². The number of primary amides is 1. The molecule has 1 aromatic carbocycles. The van der Waals surface area contributed by atoms with Crippen molar-refractivity contribution in [3.05, 3.63) is 48.0 Å². The Balaban J connectivity index is 2.10. The van der Waals surface area contributed by atoms with Crippen LogP contribution in [0.15, 0.2) is 36.8 Å². The van der Waals surface area contributed by atoms with Gasteiger partial charge >= 0.3 is 0 Å². The van der Waals surface area contributed by atoms with Gasteiger partial charge in [-0.1, -0.05) is 6.07 Å². The molecule has 104 valence electrons. The Morgan fingerprint density at radius 3 is 2.85 bits per heavy atom. The van der Waals surface area contributed by atoms with Crippen molar-refractivity contribution in [3.63, 3.8) is 0 Å². The van der Waals surface area contributed by atoms with Gasteiger partial charge in [0.1, 0.15) is 5.69 Å². The van der Waals surface area contributed by atoms with E-state index in [1.54, 1.807) is 35.3 Å². The first kappa shape index (κ1) is 13.8. The molecule has 0 aliphatic heterocycles. The Hall–Kier alpha value is -2.67. The second-order valence-electron chi connectivity index (χ2n) is 4.18. The van der Waals surface area contributed by atoms with Crippen molar-refractivity contribution in [1.82, 2.24) is 9.55 Å². The summed E-state index contributed by atoms with van der Waals surface area (Å²) in [5, 5.41) is 2.66. The highest BCUT2D eigenvalue weighted by Gasteiger charge is 2.10. The fourth-order valence-corrected chi connectivity index (χ4v) is 1.69. The maximum atomic E-state index is 12.0. The number of anilines is 1. The molecular weight excluding hydrogens is 258 g/mol. The monoisotopic (exact) mass is 273 g/mol. The maximum Gasteiger partial charge on any atom is 0.275 e. The summed E-state index contributed by atoms with van der Waals surface area (Å²) in [5.74, 6) is -0.907. The van der Waals surface area contributed by atoms with Gasteiger partial charge in [-0.05, 0) is 18.2 Å². The summed E-state index contributed by atoms with van der Waals surface area (Å²) in [6.07, 6.45) is 3.15. The SMILES string of the molecule is NCCn1cnc(C(=O)Nc2cccc(C(N)=O)c2)c1. The summed E-state index contributed by atoms with van der Waals surface area (Å²) in [5.41, 5.74) is 11.7. The maximum absolute atomic E-state index is 12.0. The Morgan fingerprint density at radius 2 is 2.15 bits per heavy atom. The van der Waals surface area contributed by atoms with Crippen molar-refractivity contribution in [1.29, 1.82) is 0 Å². The number of carbonyl (C=O) groups is 2. The molecule has 20 heavy (non-hydrogen) atoms. The van der Waals surface area contributed by atoms with E-state index < -0.39 is 5.91 Å². The average Bonchev–Trinajstić information content (AvgIpc) is 2.88. The molecule has 0 fully saturated rings. The van der Waals surface area contributed by atoms with Crippen molar-refractivity contribution in [2.45, 2.75) is 6.54 Å².